The molecular formula is C13H16F3NO3. The number of alkyl halides is 3. The van der Waals surface area contributed by atoms with Gasteiger partial charge in [0.25, 0.3) is 0 Å². The van der Waals surface area contributed by atoms with Gasteiger partial charge in [-0.2, -0.15) is 0 Å². The van der Waals surface area contributed by atoms with Crippen LogP contribution in [0.2, 0.25) is 0 Å². The normalized spacial score (nSPS) is 23.0. The number of hydrogen-bond acceptors (Lipinski definition) is 4. The van der Waals surface area contributed by atoms with E-state index in [-0.39, 0.29) is 12.4 Å². The quantitative estimate of drug-likeness (QED) is 0.869. The molecule has 1 aromatic carbocycles. The molecule has 20 heavy (non-hydrogen) atoms. The predicted octanol–water partition coefficient (Wildman–Crippen LogP) is 1.83. The maximum Gasteiger partial charge on any atom is 0.573 e. The van der Waals surface area contributed by atoms with E-state index < -0.39 is 12.0 Å². The fourth-order valence-electron chi connectivity index (χ4n) is 2.03. The van der Waals surface area contributed by atoms with Gasteiger partial charge in [-0.3, -0.25) is 0 Å². The number of hydrogen-bond donors (Lipinski definition) is 2. The Morgan fingerprint density at radius 1 is 1.40 bits per heavy atom. The Morgan fingerprint density at radius 2 is 2.20 bits per heavy atom. The van der Waals surface area contributed by atoms with Gasteiger partial charge in [0, 0.05) is 26.1 Å². The van der Waals surface area contributed by atoms with Crippen LogP contribution in [-0.2, 0) is 11.3 Å². The van der Waals surface area contributed by atoms with Crippen LogP contribution < -0.4 is 10.1 Å². The third-order valence-corrected chi connectivity index (χ3v) is 3.00. The Balaban J connectivity index is 1.85. The van der Waals surface area contributed by atoms with Gasteiger partial charge in [0.15, 0.2) is 0 Å². The summed E-state index contributed by atoms with van der Waals surface area (Å²) in [5.74, 6) is -0.250. The summed E-state index contributed by atoms with van der Waals surface area (Å²) in [6.45, 7) is 1.47. The van der Waals surface area contributed by atoms with E-state index in [2.05, 4.69) is 10.1 Å². The molecule has 0 saturated carbocycles. The minimum Gasteiger partial charge on any atom is -0.406 e. The van der Waals surface area contributed by atoms with E-state index in [0.717, 1.165) is 0 Å². The second-order valence-corrected chi connectivity index (χ2v) is 4.83. The second kappa shape index (κ2) is 5.99. The zero-order valence-corrected chi connectivity index (χ0v) is 10.7. The minimum atomic E-state index is -4.69. The van der Waals surface area contributed by atoms with Crippen molar-refractivity contribution in [3.8, 4) is 5.75 Å². The van der Waals surface area contributed by atoms with Crippen LogP contribution in [0.1, 0.15) is 12.0 Å². The highest BCUT2D eigenvalue weighted by Crippen LogP contribution is 2.23. The number of nitrogens with one attached hydrogen (secondary N) is 1. The molecule has 1 aromatic rings. The zero-order valence-electron chi connectivity index (χ0n) is 10.7. The van der Waals surface area contributed by atoms with Crippen molar-refractivity contribution in [2.75, 3.05) is 19.8 Å². The zero-order chi connectivity index (χ0) is 14.6. The molecule has 0 bridgehead atoms. The second-order valence-electron chi connectivity index (χ2n) is 4.83. The van der Waals surface area contributed by atoms with Gasteiger partial charge in [0.2, 0.25) is 0 Å². The summed E-state index contributed by atoms with van der Waals surface area (Å²) in [4.78, 5) is 0. The van der Waals surface area contributed by atoms with Crippen molar-refractivity contribution < 1.29 is 27.8 Å². The number of rotatable bonds is 5. The first-order valence-electron chi connectivity index (χ1n) is 6.22. The molecule has 112 valence electrons. The monoisotopic (exact) mass is 291 g/mol. The van der Waals surface area contributed by atoms with E-state index in [0.29, 0.717) is 31.7 Å². The number of aliphatic hydroxyl groups is 1. The Labute approximate surface area is 114 Å². The van der Waals surface area contributed by atoms with Gasteiger partial charge < -0.3 is 19.9 Å². The summed E-state index contributed by atoms with van der Waals surface area (Å²) in [6.07, 6.45) is -4.14. The highest BCUT2D eigenvalue weighted by Gasteiger charge is 2.32. The van der Waals surface area contributed by atoms with Gasteiger partial charge in [0.1, 0.15) is 11.4 Å². The van der Waals surface area contributed by atoms with Crippen molar-refractivity contribution in [2.45, 2.75) is 24.9 Å². The van der Waals surface area contributed by atoms with Crippen molar-refractivity contribution >= 4 is 0 Å². The molecule has 0 spiro atoms. The molecule has 1 aliphatic rings. The maximum atomic E-state index is 12.1. The van der Waals surface area contributed by atoms with Crippen molar-refractivity contribution in [1.29, 1.82) is 0 Å². The molecule has 1 saturated heterocycles. The van der Waals surface area contributed by atoms with Crippen LogP contribution in [0.5, 0.6) is 5.75 Å². The molecule has 1 atom stereocenters. The van der Waals surface area contributed by atoms with E-state index in [9.17, 15) is 18.3 Å². The third-order valence-electron chi connectivity index (χ3n) is 3.00. The van der Waals surface area contributed by atoms with Crippen molar-refractivity contribution in [3.05, 3.63) is 29.8 Å². The van der Waals surface area contributed by atoms with Crippen LogP contribution >= 0.6 is 0 Å². The summed E-state index contributed by atoms with van der Waals surface area (Å²) < 4.78 is 45.2. The van der Waals surface area contributed by atoms with Gasteiger partial charge in [-0.15, -0.1) is 13.2 Å². The van der Waals surface area contributed by atoms with Crippen molar-refractivity contribution in [3.63, 3.8) is 0 Å². The van der Waals surface area contributed by atoms with Crippen LogP contribution in [0.3, 0.4) is 0 Å². The Bertz CT molecular complexity index is 445. The molecule has 7 heteroatoms. The topological polar surface area (TPSA) is 50.7 Å². The molecule has 0 aliphatic carbocycles. The van der Waals surface area contributed by atoms with Gasteiger partial charge in [-0.1, -0.05) is 12.1 Å². The highest BCUT2D eigenvalue weighted by atomic mass is 19.4. The lowest BCUT2D eigenvalue weighted by atomic mass is 10.0. The van der Waals surface area contributed by atoms with Gasteiger partial charge in [-0.05, 0) is 17.7 Å². The smallest absolute Gasteiger partial charge is 0.406 e. The summed E-state index contributed by atoms with van der Waals surface area (Å²) in [5, 5.41) is 13.0. The Morgan fingerprint density at radius 3 is 2.85 bits per heavy atom. The SMILES string of the molecule is OC1(CNCc2cccc(OC(F)(F)F)c2)CCOC1. The van der Waals surface area contributed by atoms with E-state index in [4.69, 9.17) is 4.74 Å². The van der Waals surface area contributed by atoms with Gasteiger partial charge >= 0.3 is 6.36 Å². The van der Waals surface area contributed by atoms with Crippen LogP contribution in [0.4, 0.5) is 13.2 Å². The molecule has 1 fully saturated rings. The third kappa shape index (κ3) is 4.66. The molecular weight excluding hydrogens is 275 g/mol. The average Bonchev–Trinajstić information content (AvgIpc) is 2.74. The van der Waals surface area contributed by atoms with Crippen LogP contribution in [0.25, 0.3) is 0 Å². The lowest BCUT2D eigenvalue weighted by Gasteiger charge is -2.20. The fraction of sp³-hybridized carbons (Fsp3) is 0.538. The molecule has 1 aliphatic heterocycles. The predicted molar refractivity (Wildman–Crippen MR) is 65.2 cm³/mol. The maximum absolute atomic E-state index is 12.1. The minimum absolute atomic E-state index is 0.250. The van der Waals surface area contributed by atoms with Gasteiger partial charge in [-0.25, -0.2) is 0 Å². The number of benzene rings is 1. The van der Waals surface area contributed by atoms with E-state index >= 15 is 0 Å². The van der Waals surface area contributed by atoms with Crippen LogP contribution in [0.15, 0.2) is 24.3 Å². The fourth-order valence-corrected chi connectivity index (χ4v) is 2.03. The average molecular weight is 291 g/mol. The lowest BCUT2D eigenvalue weighted by molar-refractivity contribution is -0.274. The standard InChI is InChI=1S/C13H16F3NO3/c14-13(15,16)20-11-3-1-2-10(6-11)7-17-8-12(18)4-5-19-9-12/h1-3,6,17-18H,4-5,7-9H2. The Kier molecular flexibility index (Phi) is 4.52. The van der Waals surface area contributed by atoms with Crippen LogP contribution in [-0.4, -0.2) is 36.8 Å². The Hall–Kier alpha value is -1.31. The highest BCUT2D eigenvalue weighted by molar-refractivity contribution is 5.28. The molecule has 2 rings (SSSR count). The summed E-state index contributed by atoms with van der Waals surface area (Å²) in [7, 11) is 0. The lowest BCUT2D eigenvalue weighted by Crippen LogP contribution is -2.40. The summed E-state index contributed by atoms with van der Waals surface area (Å²) in [6, 6.07) is 5.74. The van der Waals surface area contributed by atoms with Crippen LogP contribution in [0, 0.1) is 0 Å². The molecule has 2 N–H and O–H groups in total. The molecule has 0 amide bonds. The number of halogens is 3. The number of ether oxygens (including phenoxy) is 2. The van der Waals surface area contributed by atoms with E-state index in [1.807, 2.05) is 0 Å². The first-order valence-corrected chi connectivity index (χ1v) is 6.22. The molecule has 0 radical (unpaired) electrons. The first kappa shape index (κ1) is 15.1. The molecule has 1 unspecified atom stereocenters. The van der Waals surface area contributed by atoms with Crippen molar-refractivity contribution in [2.24, 2.45) is 0 Å². The van der Waals surface area contributed by atoms with E-state index in [1.165, 1.54) is 18.2 Å². The van der Waals surface area contributed by atoms with E-state index in [1.54, 1.807) is 6.07 Å². The van der Waals surface area contributed by atoms with Gasteiger partial charge in [0.05, 0.1) is 6.61 Å². The first-order chi connectivity index (χ1) is 9.36. The van der Waals surface area contributed by atoms with Crippen molar-refractivity contribution in [1.82, 2.24) is 5.32 Å². The summed E-state index contributed by atoms with van der Waals surface area (Å²) >= 11 is 0. The largest absolute Gasteiger partial charge is 0.573 e. The molecule has 0 aromatic heterocycles. The summed E-state index contributed by atoms with van der Waals surface area (Å²) in [5.41, 5.74) is -0.241. The molecule has 1 heterocycles. The molecule has 4 nitrogen and oxygen atoms in total.